The molecule has 0 aliphatic heterocycles. The summed E-state index contributed by atoms with van der Waals surface area (Å²) < 4.78 is 16.3. The van der Waals surface area contributed by atoms with Gasteiger partial charge >= 0.3 is 0 Å². The monoisotopic (exact) mass is 407 g/mol. The quantitative estimate of drug-likeness (QED) is 0.552. The van der Waals surface area contributed by atoms with Crippen LogP contribution in [0.1, 0.15) is 39.7 Å². The molecule has 8 heteroatoms. The number of rotatable bonds is 8. The molecule has 1 atom stereocenters. The smallest absolute Gasteiger partial charge is 0.166 e. The van der Waals surface area contributed by atoms with E-state index in [1.54, 1.807) is 29.5 Å². The molecule has 3 rings (SSSR count). The molecule has 0 aliphatic rings. The molecule has 3 aromatic heterocycles. The fourth-order valence-electron chi connectivity index (χ4n) is 3.13. The van der Waals surface area contributed by atoms with Gasteiger partial charge in [0.2, 0.25) is 0 Å². The lowest BCUT2D eigenvalue weighted by atomic mass is 9.94. The van der Waals surface area contributed by atoms with E-state index in [1.165, 1.54) is 6.07 Å². The van der Waals surface area contributed by atoms with Gasteiger partial charge in [0.25, 0.3) is 0 Å². The van der Waals surface area contributed by atoms with E-state index in [-0.39, 0.29) is 23.2 Å². The Kier molecular flexibility index (Phi) is 6.62. The van der Waals surface area contributed by atoms with Crippen molar-refractivity contribution in [1.29, 1.82) is 5.26 Å². The topological polar surface area (TPSA) is 91.4 Å². The summed E-state index contributed by atoms with van der Waals surface area (Å²) in [5.74, 6) is 0.616. The van der Waals surface area contributed by atoms with Crippen molar-refractivity contribution in [2.75, 3.05) is 10.6 Å². The third-order valence-corrected chi connectivity index (χ3v) is 4.70. The Morgan fingerprint density at radius 1 is 1.17 bits per heavy atom. The molecule has 0 saturated carbocycles. The molecule has 0 amide bonds. The highest BCUT2D eigenvalue weighted by Crippen LogP contribution is 2.26. The Balaban J connectivity index is 1.90. The molecule has 7 nitrogen and oxygen atoms in total. The second-order valence-corrected chi connectivity index (χ2v) is 7.96. The van der Waals surface area contributed by atoms with Gasteiger partial charge in [-0.2, -0.15) is 10.4 Å². The highest BCUT2D eigenvalue weighted by Gasteiger charge is 2.19. The number of pyridine rings is 2. The fourth-order valence-corrected chi connectivity index (χ4v) is 3.13. The maximum atomic E-state index is 14.6. The van der Waals surface area contributed by atoms with E-state index in [9.17, 15) is 9.65 Å². The van der Waals surface area contributed by atoms with Gasteiger partial charge in [-0.05, 0) is 36.5 Å². The number of aromatic nitrogens is 4. The molecule has 1 unspecified atom stereocenters. The van der Waals surface area contributed by atoms with Crippen molar-refractivity contribution in [2.45, 2.75) is 40.2 Å². The van der Waals surface area contributed by atoms with E-state index in [0.29, 0.717) is 17.5 Å². The molecule has 3 heterocycles. The molecular formula is C22H26FN7. The van der Waals surface area contributed by atoms with Crippen molar-refractivity contribution < 1.29 is 4.39 Å². The van der Waals surface area contributed by atoms with Crippen molar-refractivity contribution in [1.82, 2.24) is 19.7 Å². The van der Waals surface area contributed by atoms with Crippen LogP contribution in [0.25, 0.3) is 5.69 Å². The van der Waals surface area contributed by atoms with Crippen molar-refractivity contribution in [2.24, 2.45) is 11.8 Å². The molecular weight excluding hydrogens is 381 g/mol. The molecule has 0 saturated heterocycles. The van der Waals surface area contributed by atoms with E-state index in [4.69, 9.17) is 0 Å². The average Bonchev–Trinajstić information content (AvgIpc) is 3.24. The molecule has 0 spiro atoms. The zero-order chi connectivity index (χ0) is 21.7. The SMILES string of the molecule is CC(C)CC(Nc1nc(Nc2cncc(-n3cccn3)c2)c(C#N)cc1F)C(C)C. The van der Waals surface area contributed by atoms with Crippen molar-refractivity contribution in [3.05, 3.63) is 54.4 Å². The summed E-state index contributed by atoms with van der Waals surface area (Å²) in [6.45, 7) is 8.44. The lowest BCUT2D eigenvalue weighted by Gasteiger charge is -2.25. The largest absolute Gasteiger partial charge is 0.365 e. The van der Waals surface area contributed by atoms with Crippen LogP contribution in [0.5, 0.6) is 0 Å². The van der Waals surface area contributed by atoms with Crippen LogP contribution in [0.4, 0.5) is 21.7 Å². The van der Waals surface area contributed by atoms with Gasteiger partial charge in [-0.25, -0.2) is 14.1 Å². The lowest BCUT2D eigenvalue weighted by molar-refractivity contribution is 0.426. The van der Waals surface area contributed by atoms with Gasteiger partial charge in [-0.1, -0.05) is 27.7 Å². The molecule has 0 bridgehead atoms. The van der Waals surface area contributed by atoms with E-state index >= 15 is 0 Å². The minimum atomic E-state index is -0.546. The number of nitrogens with zero attached hydrogens (tertiary/aromatic N) is 5. The van der Waals surface area contributed by atoms with Crippen molar-refractivity contribution in [3.8, 4) is 11.8 Å². The van der Waals surface area contributed by atoms with Crippen LogP contribution in [-0.4, -0.2) is 25.8 Å². The van der Waals surface area contributed by atoms with Gasteiger partial charge in [0.15, 0.2) is 17.5 Å². The number of nitriles is 1. The average molecular weight is 407 g/mol. The first-order chi connectivity index (χ1) is 14.4. The standard InChI is InChI=1S/C22H26FN7/c1-14(2)8-20(15(3)4)28-22-19(23)9-16(11-24)21(29-22)27-17-10-18(13-25-12-17)30-7-5-6-26-30/h5-7,9-10,12-15,20H,8H2,1-4H3,(H2,27,28,29). The van der Waals surface area contributed by atoms with Crippen LogP contribution < -0.4 is 10.6 Å². The summed E-state index contributed by atoms with van der Waals surface area (Å²) in [6.07, 6.45) is 7.66. The van der Waals surface area contributed by atoms with Crippen LogP contribution >= 0.6 is 0 Å². The molecule has 0 aromatic carbocycles. The van der Waals surface area contributed by atoms with Crippen LogP contribution in [0.2, 0.25) is 0 Å². The molecule has 0 aliphatic carbocycles. The van der Waals surface area contributed by atoms with E-state index in [0.717, 1.165) is 12.1 Å². The van der Waals surface area contributed by atoms with E-state index in [1.807, 2.05) is 18.2 Å². The molecule has 0 fully saturated rings. The Hall–Kier alpha value is -3.47. The fraction of sp³-hybridized carbons (Fsp3) is 0.364. The Morgan fingerprint density at radius 2 is 1.97 bits per heavy atom. The Labute approximate surface area is 176 Å². The van der Waals surface area contributed by atoms with Gasteiger partial charge in [0.05, 0.1) is 29.3 Å². The lowest BCUT2D eigenvalue weighted by Crippen LogP contribution is -2.28. The summed E-state index contributed by atoms with van der Waals surface area (Å²) in [5, 5.41) is 20.0. The summed E-state index contributed by atoms with van der Waals surface area (Å²) >= 11 is 0. The predicted molar refractivity (Wildman–Crippen MR) is 115 cm³/mol. The van der Waals surface area contributed by atoms with Gasteiger partial charge in [0, 0.05) is 18.4 Å². The van der Waals surface area contributed by atoms with Crippen LogP contribution in [0, 0.1) is 29.0 Å². The maximum absolute atomic E-state index is 14.6. The predicted octanol–water partition coefficient (Wildman–Crippen LogP) is 4.90. The molecule has 3 aromatic rings. The van der Waals surface area contributed by atoms with E-state index in [2.05, 4.69) is 53.4 Å². The first-order valence-electron chi connectivity index (χ1n) is 9.96. The van der Waals surface area contributed by atoms with Gasteiger partial charge in [0.1, 0.15) is 6.07 Å². The first kappa shape index (κ1) is 21.2. The third-order valence-electron chi connectivity index (χ3n) is 4.70. The van der Waals surface area contributed by atoms with E-state index < -0.39 is 5.82 Å². The molecule has 30 heavy (non-hydrogen) atoms. The molecule has 156 valence electrons. The number of halogens is 1. The van der Waals surface area contributed by atoms with Crippen molar-refractivity contribution in [3.63, 3.8) is 0 Å². The van der Waals surface area contributed by atoms with Gasteiger partial charge in [-0.15, -0.1) is 0 Å². The van der Waals surface area contributed by atoms with Crippen LogP contribution in [-0.2, 0) is 0 Å². The van der Waals surface area contributed by atoms with Crippen LogP contribution in [0.15, 0.2) is 43.0 Å². The summed E-state index contributed by atoms with van der Waals surface area (Å²) in [4.78, 5) is 8.60. The highest BCUT2D eigenvalue weighted by atomic mass is 19.1. The molecule has 0 radical (unpaired) electrons. The minimum absolute atomic E-state index is 0.0672. The zero-order valence-corrected chi connectivity index (χ0v) is 17.6. The maximum Gasteiger partial charge on any atom is 0.166 e. The summed E-state index contributed by atoms with van der Waals surface area (Å²) in [6, 6.07) is 6.92. The minimum Gasteiger partial charge on any atom is -0.365 e. The highest BCUT2D eigenvalue weighted by molar-refractivity contribution is 5.66. The Morgan fingerprint density at radius 3 is 2.60 bits per heavy atom. The second kappa shape index (κ2) is 9.35. The third kappa shape index (κ3) is 5.11. The number of anilines is 3. The molecule has 2 N–H and O–H groups in total. The summed E-state index contributed by atoms with van der Waals surface area (Å²) in [5.41, 5.74) is 1.49. The zero-order valence-electron chi connectivity index (χ0n) is 17.6. The van der Waals surface area contributed by atoms with Gasteiger partial charge in [-0.3, -0.25) is 4.98 Å². The van der Waals surface area contributed by atoms with Gasteiger partial charge < -0.3 is 10.6 Å². The Bertz CT molecular complexity index is 1020. The number of hydrogen-bond donors (Lipinski definition) is 2. The van der Waals surface area contributed by atoms with Crippen LogP contribution in [0.3, 0.4) is 0 Å². The number of hydrogen-bond acceptors (Lipinski definition) is 6. The van der Waals surface area contributed by atoms with Crippen molar-refractivity contribution >= 4 is 17.3 Å². The second-order valence-electron chi connectivity index (χ2n) is 7.96. The number of nitrogens with one attached hydrogen (secondary N) is 2. The normalized spacial score (nSPS) is 12.1. The first-order valence-corrected chi connectivity index (χ1v) is 9.96. The summed E-state index contributed by atoms with van der Waals surface area (Å²) in [7, 11) is 0.